The van der Waals surface area contributed by atoms with Crippen LogP contribution >= 0.6 is 0 Å². The number of aromatic nitrogens is 4. The number of rotatable bonds is 0. The van der Waals surface area contributed by atoms with Crippen LogP contribution in [0.1, 0.15) is 22.5 Å². The van der Waals surface area contributed by atoms with Gasteiger partial charge >= 0.3 is 0 Å². The lowest BCUT2D eigenvalue weighted by Gasteiger charge is -2.08. The summed E-state index contributed by atoms with van der Waals surface area (Å²) < 4.78 is 0. The van der Waals surface area contributed by atoms with E-state index in [1.54, 1.807) is 12.4 Å². The Morgan fingerprint density at radius 1 is 0.412 bits per heavy atom. The van der Waals surface area contributed by atoms with Gasteiger partial charge in [-0.25, -0.2) is 9.97 Å². The summed E-state index contributed by atoms with van der Waals surface area (Å²) in [4.78, 5) is 19.1. The van der Waals surface area contributed by atoms with Gasteiger partial charge in [0.1, 0.15) is 22.4 Å². The fraction of sp³-hybridized carbons (Fsp3) is 0. The van der Waals surface area contributed by atoms with Crippen LogP contribution in [0, 0.1) is 23.7 Å². The van der Waals surface area contributed by atoms with Crippen molar-refractivity contribution < 1.29 is 0 Å². The summed E-state index contributed by atoms with van der Waals surface area (Å²) >= 11 is 0. The molecule has 0 amide bonds. The van der Waals surface area contributed by atoms with Crippen molar-refractivity contribution in [3.05, 3.63) is 120 Å². The number of pyridine rings is 2. The molecule has 6 aromatic rings. The van der Waals surface area contributed by atoms with Gasteiger partial charge in [0, 0.05) is 34.3 Å². The molecule has 0 unspecified atom stereocenters. The third kappa shape index (κ3) is 3.60. The highest BCUT2D eigenvalue weighted by molar-refractivity contribution is 6.20. The average molecular weight is 432 g/mol. The van der Waals surface area contributed by atoms with Gasteiger partial charge in [0.25, 0.3) is 0 Å². The first-order chi connectivity index (χ1) is 16.9. The average Bonchev–Trinajstić information content (AvgIpc) is 2.92. The smallest absolute Gasteiger partial charge is 0.148 e. The summed E-state index contributed by atoms with van der Waals surface area (Å²) in [5, 5.41) is 1.78. The minimum Gasteiger partial charge on any atom is -0.254 e. The fourth-order valence-electron chi connectivity index (χ4n) is 3.86. The van der Waals surface area contributed by atoms with E-state index in [0.717, 1.165) is 44.0 Å². The molecule has 0 fully saturated rings. The van der Waals surface area contributed by atoms with Gasteiger partial charge in [-0.05, 0) is 60.4 Å². The van der Waals surface area contributed by atoms with Crippen LogP contribution in [0.5, 0.6) is 0 Å². The minimum atomic E-state index is 0.535. The van der Waals surface area contributed by atoms with Crippen LogP contribution < -0.4 is 0 Å². The lowest BCUT2D eigenvalue weighted by atomic mass is 10.1. The van der Waals surface area contributed by atoms with Crippen LogP contribution in [0.4, 0.5) is 0 Å². The lowest BCUT2D eigenvalue weighted by Crippen LogP contribution is -1.99. The summed E-state index contributed by atoms with van der Waals surface area (Å²) in [6, 6.07) is 27.5. The molecule has 3 aromatic heterocycles. The zero-order valence-corrected chi connectivity index (χ0v) is 18.0. The second-order valence-electron chi connectivity index (χ2n) is 7.65. The first-order valence-corrected chi connectivity index (χ1v) is 10.8. The molecule has 0 N–H and O–H groups in total. The Labute approximate surface area is 196 Å². The molecule has 0 bridgehead atoms. The molecule has 0 saturated carbocycles. The Hall–Kier alpha value is -5.06. The SMILES string of the molecule is C(#Cc1nc2c3cccnc3c3ncccc3c2nc1C#Cc1ccccc1)c1ccccc1. The molecule has 4 nitrogen and oxygen atoms in total. The van der Waals surface area contributed by atoms with E-state index in [-0.39, 0.29) is 0 Å². The van der Waals surface area contributed by atoms with Crippen LogP contribution in [0.2, 0.25) is 0 Å². The maximum Gasteiger partial charge on any atom is 0.148 e. The van der Waals surface area contributed by atoms with Crippen molar-refractivity contribution in [2.75, 3.05) is 0 Å². The lowest BCUT2D eigenvalue weighted by molar-refractivity contribution is 1.23. The van der Waals surface area contributed by atoms with E-state index in [9.17, 15) is 0 Å². The fourth-order valence-corrected chi connectivity index (χ4v) is 3.86. The van der Waals surface area contributed by atoms with Gasteiger partial charge in [-0.1, -0.05) is 48.2 Å². The molecular weight excluding hydrogens is 416 g/mol. The summed E-state index contributed by atoms with van der Waals surface area (Å²) in [6.45, 7) is 0. The predicted octanol–water partition coefficient (Wildman–Crippen LogP) is 5.53. The maximum atomic E-state index is 4.97. The van der Waals surface area contributed by atoms with Gasteiger partial charge in [-0.3, -0.25) is 9.97 Å². The Kier molecular flexibility index (Phi) is 4.88. The number of benzene rings is 3. The number of hydrogen-bond acceptors (Lipinski definition) is 4. The Bertz CT molecular complexity index is 1670. The monoisotopic (exact) mass is 432 g/mol. The normalized spacial score (nSPS) is 10.5. The maximum absolute atomic E-state index is 4.97. The molecule has 3 aromatic carbocycles. The highest BCUT2D eigenvalue weighted by Crippen LogP contribution is 2.31. The topological polar surface area (TPSA) is 51.6 Å². The van der Waals surface area contributed by atoms with Crippen molar-refractivity contribution in [3.63, 3.8) is 0 Å². The van der Waals surface area contributed by atoms with Crippen LogP contribution in [0.3, 0.4) is 0 Å². The molecule has 0 spiro atoms. The highest BCUT2D eigenvalue weighted by atomic mass is 14.8. The largest absolute Gasteiger partial charge is 0.254 e. The van der Waals surface area contributed by atoms with E-state index in [0.29, 0.717) is 11.4 Å². The second kappa shape index (κ2) is 8.47. The zero-order chi connectivity index (χ0) is 22.7. The molecule has 4 heteroatoms. The van der Waals surface area contributed by atoms with E-state index in [1.807, 2.05) is 84.9 Å². The van der Waals surface area contributed by atoms with E-state index in [4.69, 9.17) is 9.97 Å². The molecule has 0 atom stereocenters. The molecular formula is C30H16N4. The van der Waals surface area contributed by atoms with Crippen LogP contribution in [0.25, 0.3) is 32.8 Å². The van der Waals surface area contributed by atoms with Gasteiger partial charge in [0.05, 0.1) is 11.0 Å². The van der Waals surface area contributed by atoms with Gasteiger partial charge in [-0.2, -0.15) is 0 Å². The number of hydrogen-bond donors (Lipinski definition) is 0. The first-order valence-electron chi connectivity index (χ1n) is 10.8. The standard InChI is InChI=1S/C30H16N4/c1-3-9-21(10-4-1)15-17-25-26(18-16-22-11-5-2-6-12-22)34-30-24-14-8-20-32-28(24)27-23(29(30)33-25)13-7-19-31-27/h1-14,19-20H. The van der Waals surface area contributed by atoms with E-state index in [1.165, 1.54) is 0 Å². The van der Waals surface area contributed by atoms with Crippen molar-refractivity contribution in [2.45, 2.75) is 0 Å². The van der Waals surface area contributed by atoms with Gasteiger partial charge in [0.15, 0.2) is 0 Å². The summed E-state index contributed by atoms with van der Waals surface area (Å²) in [6.07, 6.45) is 3.54. The number of fused-ring (bicyclic) bond motifs is 6. The number of nitrogens with zero attached hydrogens (tertiary/aromatic N) is 4. The zero-order valence-electron chi connectivity index (χ0n) is 18.0. The van der Waals surface area contributed by atoms with Crippen LogP contribution in [-0.4, -0.2) is 19.9 Å². The molecule has 0 radical (unpaired) electrons. The van der Waals surface area contributed by atoms with Crippen molar-refractivity contribution >= 4 is 32.8 Å². The Balaban J connectivity index is 1.67. The molecule has 0 aliphatic rings. The highest BCUT2D eigenvalue weighted by Gasteiger charge is 2.15. The molecule has 3 heterocycles. The van der Waals surface area contributed by atoms with Gasteiger partial charge in [-0.15, -0.1) is 0 Å². The summed E-state index contributed by atoms with van der Waals surface area (Å²) in [7, 11) is 0. The van der Waals surface area contributed by atoms with E-state index in [2.05, 4.69) is 33.6 Å². The third-order valence-electron chi connectivity index (χ3n) is 5.44. The van der Waals surface area contributed by atoms with E-state index >= 15 is 0 Å². The third-order valence-corrected chi connectivity index (χ3v) is 5.44. The van der Waals surface area contributed by atoms with Crippen molar-refractivity contribution in [2.24, 2.45) is 0 Å². The van der Waals surface area contributed by atoms with Crippen molar-refractivity contribution in [1.82, 2.24) is 19.9 Å². The first kappa shape index (κ1) is 19.6. The molecule has 34 heavy (non-hydrogen) atoms. The second-order valence-corrected chi connectivity index (χ2v) is 7.65. The quantitative estimate of drug-likeness (QED) is 0.234. The van der Waals surface area contributed by atoms with Gasteiger partial charge in [0.2, 0.25) is 0 Å². The predicted molar refractivity (Wildman–Crippen MR) is 135 cm³/mol. The van der Waals surface area contributed by atoms with Crippen molar-refractivity contribution in [3.8, 4) is 23.7 Å². The summed E-state index contributed by atoms with van der Waals surface area (Å²) in [5.41, 5.74) is 5.95. The van der Waals surface area contributed by atoms with Crippen LogP contribution in [-0.2, 0) is 0 Å². The summed E-state index contributed by atoms with van der Waals surface area (Å²) in [5.74, 6) is 12.8. The Morgan fingerprint density at radius 2 is 0.853 bits per heavy atom. The molecule has 156 valence electrons. The van der Waals surface area contributed by atoms with Crippen molar-refractivity contribution in [1.29, 1.82) is 0 Å². The molecule has 0 aliphatic carbocycles. The van der Waals surface area contributed by atoms with Crippen LogP contribution in [0.15, 0.2) is 97.3 Å². The van der Waals surface area contributed by atoms with E-state index < -0.39 is 0 Å². The molecule has 6 rings (SSSR count). The minimum absolute atomic E-state index is 0.535. The molecule has 0 saturated heterocycles. The van der Waals surface area contributed by atoms with Gasteiger partial charge < -0.3 is 0 Å². The Morgan fingerprint density at radius 3 is 1.29 bits per heavy atom. The molecule has 0 aliphatic heterocycles.